The quantitative estimate of drug-likeness (QED) is 0.334. The van der Waals surface area contributed by atoms with Crippen LogP contribution in [0.2, 0.25) is 0 Å². The highest BCUT2D eigenvalue weighted by Gasteiger charge is 2.25. The molecule has 0 aliphatic carbocycles. The molecular weight excluding hydrogens is 528 g/mol. The Balaban J connectivity index is 1.13. The molecule has 3 saturated heterocycles. The standard InChI is InChI=1S/C28H42N8O3S/c1-38-18-15-32-7-9-33(10-8-32)22-27(37)36-13-11-35(12-14-36)26-21-25(30-28(31-26)40-2)29-23-3-5-24(6-4-23)34-16-19-39-20-17-34/h3-6,21H,7-20,22H2,1-2H3,(H,29,30,31). The minimum Gasteiger partial charge on any atom is -0.383 e. The summed E-state index contributed by atoms with van der Waals surface area (Å²) in [5.41, 5.74) is 2.20. The number of benzene rings is 1. The first kappa shape index (κ1) is 28.9. The van der Waals surface area contributed by atoms with Gasteiger partial charge in [-0.15, -0.1) is 0 Å². The van der Waals surface area contributed by atoms with E-state index in [0.717, 1.165) is 101 Å². The third-order valence-electron chi connectivity index (χ3n) is 7.78. The molecule has 0 unspecified atom stereocenters. The van der Waals surface area contributed by atoms with Crippen LogP contribution in [0.4, 0.5) is 23.0 Å². The zero-order valence-corrected chi connectivity index (χ0v) is 24.6. The number of nitrogens with zero attached hydrogens (tertiary/aromatic N) is 7. The molecule has 1 aromatic carbocycles. The number of rotatable bonds is 10. The number of amides is 1. The summed E-state index contributed by atoms with van der Waals surface area (Å²) in [7, 11) is 1.74. The van der Waals surface area contributed by atoms with Gasteiger partial charge >= 0.3 is 0 Å². The summed E-state index contributed by atoms with van der Waals surface area (Å²) in [5.74, 6) is 1.89. The first-order valence-corrected chi connectivity index (χ1v) is 15.4. The minimum atomic E-state index is 0.223. The summed E-state index contributed by atoms with van der Waals surface area (Å²) in [4.78, 5) is 33.8. The zero-order chi connectivity index (χ0) is 27.7. The highest BCUT2D eigenvalue weighted by Crippen LogP contribution is 2.26. The van der Waals surface area contributed by atoms with Crippen LogP contribution in [0.3, 0.4) is 0 Å². The maximum absolute atomic E-state index is 13.0. The molecule has 0 radical (unpaired) electrons. The topological polar surface area (TPSA) is 89.5 Å². The van der Waals surface area contributed by atoms with Gasteiger partial charge in [0.2, 0.25) is 5.91 Å². The van der Waals surface area contributed by atoms with Crippen LogP contribution >= 0.6 is 11.8 Å². The molecule has 0 bridgehead atoms. The lowest BCUT2D eigenvalue weighted by Crippen LogP contribution is -2.54. The van der Waals surface area contributed by atoms with Gasteiger partial charge in [0.15, 0.2) is 5.16 Å². The number of methoxy groups -OCH3 is 1. The number of hydrogen-bond acceptors (Lipinski definition) is 11. The maximum Gasteiger partial charge on any atom is 0.236 e. The Morgan fingerprint density at radius 2 is 1.62 bits per heavy atom. The Bertz CT molecular complexity index is 1090. The molecule has 218 valence electrons. The second-order valence-electron chi connectivity index (χ2n) is 10.3. The lowest BCUT2D eigenvalue weighted by atomic mass is 10.2. The van der Waals surface area contributed by atoms with Gasteiger partial charge in [0, 0.05) is 96.5 Å². The Labute approximate surface area is 241 Å². The Hall–Kier alpha value is -2.64. The van der Waals surface area contributed by atoms with E-state index in [-0.39, 0.29) is 5.91 Å². The molecule has 11 nitrogen and oxygen atoms in total. The van der Waals surface area contributed by atoms with Crippen LogP contribution < -0.4 is 15.1 Å². The molecule has 3 fully saturated rings. The number of piperazine rings is 2. The normalized spacial score (nSPS) is 19.2. The van der Waals surface area contributed by atoms with E-state index in [1.807, 2.05) is 17.2 Å². The predicted molar refractivity (Wildman–Crippen MR) is 160 cm³/mol. The molecule has 0 saturated carbocycles. The lowest BCUT2D eigenvalue weighted by Gasteiger charge is -2.38. The van der Waals surface area contributed by atoms with Crippen molar-refractivity contribution in [3.8, 4) is 0 Å². The molecule has 3 aliphatic rings. The molecule has 0 atom stereocenters. The molecule has 1 amide bonds. The van der Waals surface area contributed by atoms with Gasteiger partial charge in [-0.05, 0) is 30.5 Å². The van der Waals surface area contributed by atoms with Gasteiger partial charge in [0.25, 0.3) is 0 Å². The number of anilines is 4. The second kappa shape index (κ2) is 14.3. The van der Waals surface area contributed by atoms with E-state index >= 15 is 0 Å². The van der Waals surface area contributed by atoms with Crippen LogP contribution in [-0.4, -0.2) is 142 Å². The third-order valence-corrected chi connectivity index (χ3v) is 8.33. The predicted octanol–water partition coefficient (Wildman–Crippen LogP) is 1.69. The zero-order valence-electron chi connectivity index (χ0n) is 23.8. The minimum absolute atomic E-state index is 0.223. The molecule has 0 spiro atoms. The Kier molecular flexibility index (Phi) is 10.3. The van der Waals surface area contributed by atoms with Gasteiger partial charge in [-0.1, -0.05) is 11.8 Å². The lowest BCUT2D eigenvalue weighted by molar-refractivity contribution is -0.133. The largest absolute Gasteiger partial charge is 0.383 e. The second-order valence-corrected chi connectivity index (χ2v) is 11.1. The number of thioether (sulfide) groups is 1. The van der Waals surface area contributed by atoms with Gasteiger partial charge in [-0.2, -0.15) is 0 Å². The highest BCUT2D eigenvalue weighted by atomic mass is 32.2. The van der Waals surface area contributed by atoms with Crippen LogP contribution in [-0.2, 0) is 14.3 Å². The molecule has 3 aliphatic heterocycles. The number of hydrogen-bond donors (Lipinski definition) is 1. The van der Waals surface area contributed by atoms with E-state index < -0.39 is 0 Å². The van der Waals surface area contributed by atoms with Crippen LogP contribution in [0, 0.1) is 0 Å². The van der Waals surface area contributed by atoms with Crippen molar-refractivity contribution in [3.05, 3.63) is 30.3 Å². The number of ether oxygens (including phenoxy) is 2. The van der Waals surface area contributed by atoms with Gasteiger partial charge in [-0.3, -0.25) is 14.6 Å². The van der Waals surface area contributed by atoms with Crippen molar-refractivity contribution in [2.75, 3.05) is 127 Å². The smallest absolute Gasteiger partial charge is 0.236 e. The average Bonchev–Trinajstić information content (AvgIpc) is 3.01. The van der Waals surface area contributed by atoms with Crippen LogP contribution in [0.25, 0.3) is 0 Å². The van der Waals surface area contributed by atoms with E-state index in [4.69, 9.17) is 19.4 Å². The summed E-state index contributed by atoms with van der Waals surface area (Å²) < 4.78 is 10.7. The Morgan fingerprint density at radius 3 is 2.30 bits per heavy atom. The molecule has 1 aromatic heterocycles. The summed E-state index contributed by atoms with van der Waals surface area (Å²) >= 11 is 1.53. The van der Waals surface area contributed by atoms with E-state index in [2.05, 4.69) is 49.2 Å². The summed E-state index contributed by atoms with van der Waals surface area (Å²) in [5, 5.41) is 4.19. The van der Waals surface area contributed by atoms with Crippen LogP contribution in [0.5, 0.6) is 0 Å². The van der Waals surface area contributed by atoms with Crippen molar-refractivity contribution in [2.24, 2.45) is 0 Å². The molecular formula is C28H42N8O3S. The molecule has 5 rings (SSSR count). The van der Waals surface area contributed by atoms with Gasteiger partial charge < -0.3 is 29.5 Å². The third kappa shape index (κ3) is 7.76. The average molecular weight is 571 g/mol. The van der Waals surface area contributed by atoms with Gasteiger partial charge in [0.05, 0.1) is 26.4 Å². The molecule has 40 heavy (non-hydrogen) atoms. The summed E-state index contributed by atoms with van der Waals surface area (Å²) in [6, 6.07) is 10.5. The first-order valence-electron chi connectivity index (χ1n) is 14.2. The number of morpholine rings is 1. The molecule has 1 N–H and O–H groups in total. The number of aromatic nitrogens is 2. The van der Waals surface area contributed by atoms with Crippen molar-refractivity contribution in [1.82, 2.24) is 24.7 Å². The van der Waals surface area contributed by atoms with E-state index in [9.17, 15) is 4.79 Å². The summed E-state index contributed by atoms with van der Waals surface area (Å²) in [6.45, 7) is 12.4. The fraction of sp³-hybridized carbons (Fsp3) is 0.607. The van der Waals surface area contributed by atoms with E-state index in [1.165, 1.54) is 17.4 Å². The summed E-state index contributed by atoms with van der Waals surface area (Å²) in [6.07, 6.45) is 1.99. The molecule has 12 heteroatoms. The number of carbonyl (C=O) groups excluding carboxylic acids is 1. The van der Waals surface area contributed by atoms with Crippen molar-refractivity contribution < 1.29 is 14.3 Å². The van der Waals surface area contributed by atoms with E-state index in [1.54, 1.807) is 7.11 Å². The van der Waals surface area contributed by atoms with Crippen LogP contribution in [0.15, 0.2) is 35.5 Å². The van der Waals surface area contributed by atoms with Gasteiger partial charge in [-0.25, -0.2) is 9.97 Å². The fourth-order valence-electron chi connectivity index (χ4n) is 5.32. The fourth-order valence-corrected chi connectivity index (χ4v) is 5.70. The van der Waals surface area contributed by atoms with Crippen molar-refractivity contribution in [2.45, 2.75) is 5.16 Å². The maximum atomic E-state index is 13.0. The SMILES string of the molecule is COCCN1CCN(CC(=O)N2CCN(c3cc(Nc4ccc(N5CCOCC5)cc4)nc(SC)n3)CC2)CC1. The van der Waals surface area contributed by atoms with Crippen LogP contribution in [0.1, 0.15) is 0 Å². The molecule has 2 aromatic rings. The van der Waals surface area contributed by atoms with Gasteiger partial charge in [0.1, 0.15) is 11.6 Å². The van der Waals surface area contributed by atoms with Crippen molar-refractivity contribution >= 4 is 40.7 Å². The van der Waals surface area contributed by atoms with Crippen molar-refractivity contribution in [3.63, 3.8) is 0 Å². The highest BCUT2D eigenvalue weighted by molar-refractivity contribution is 7.98. The monoisotopic (exact) mass is 570 g/mol. The van der Waals surface area contributed by atoms with Crippen molar-refractivity contribution in [1.29, 1.82) is 0 Å². The Morgan fingerprint density at radius 1 is 0.925 bits per heavy atom. The number of carbonyl (C=O) groups is 1. The molecule has 4 heterocycles. The number of nitrogens with one attached hydrogen (secondary N) is 1. The van der Waals surface area contributed by atoms with E-state index in [0.29, 0.717) is 19.6 Å². The first-order chi connectivity index (χ1) is 19.6.